The molecule has 0 aliphatic carbocycles. The molecule has 8 nitrogen and oxygen atoms in total. The second-order valence-electron chi connectivity index (χ2n) is 4.83. The molecule has 0 aromatic heterocycles. The molecule has 2 rings (SSSR count). The molecule has 1 N–H and O–H groups in total. The number of benzene rings is 1. The zero-order chi connectivity index (χ0) is 15.9. The van der Waals surface area contributed by atoms with E-state index in [1.807, 2.05) is 0 Å². The number of hydrogen-bond donors (Lipinski definition) is 1. The van der Waals surface area contributed by atoms with Crippen molar-refractivity contribution >= 4 is 17.3 Å². The summed E-state index contributed by atoms with van der Waals surface area (Å²) in [5.41, 5.74) is 0.722. The van der Waals surface area contributed by atoms with Crippen molar-refractivity contribution in [1.29, 1.82) is 0 Å². The number of nitrogens with zero attached hydrogens (tertiary/aromatic N) is 2. The van der Waals surface area contributed by atoms with Gasteiger partial charge in [-0.1, -0.05) is 0 Å². The number of nitro groups is 1. The van der Waals surface area contributed by atoms with E-state index >= 15 is 0 Å². The smallest absolute Gasteiger partial charge is 0.312 e. The summed E-state index contributed by atoms with van der Waals surface area (Å²) in [5.74, 6) is -0.233. The number of nitro benzene ring substituents is 1. The molecular weight excluding hydrogens is 290 g/mol. The van der Waals surface area contributed by atoms with Crippen molar-refractivity contribution in [2.75, 3.05) is 44.3 Å². The second-order valence-corrected chi connectivity index (χ2v) is 4.83. The summed E-state index contributed by atoms with van der Waals surface area (Å²) in [7, 11) is 0. The van der Waals surface area contributed by atoms with Gasteiger partial charge in [0.25, 0.3) is 0 Å². The van der Waals surface area contributed by atoms with Gasteiger partial charge in [-0.2, -0.15) is 0 Å². The monoisotopic (exact) mass is 309 g/mol. The Morgan fingerprint density at radius 3 is 2.73 bits per heavy atom. The predicted octanol–water partition coefficient (Wildman–Crippen LogP) is 0.946. The number of piperazine rings is 1. The molecule has 0 saturated carbocycles. The topological polar surface area (TPSA) is 93.9 Å². The zero-order valence-corrected chi connectivity index (χ0v) is 12.4. The van der Waals surface area contributed by atoms with Crippen molar-refractivity contribution in [3.05, 3.63) is 28.3 Å². The molecule has 0 bridgehead atoms. The first-order valence-electron chi connectivity index (χ1n) is 7.08. The molecule has 1 fully saturated rings. The van der Waals surface area contributed by atoms with Crippen LogP contribution >= 0.6 is 0 Å². The summed E-state index contributed by atoms with van der Waals surface area (Å²) >= 11 is 0. The number of nitrogens with one attached hydrogen (secondary N) is 1. The van der Waals surface area contributed by atoms with Gasteiger partial charge >= 0.3 is 11.7 Å². The maximum absolute atomic E-state index is 11.2. The minimum absolute atomic E-state index is 0.0615. The lowest BCUT2D eigenvalue weighted by Gasteiger charge is -2.29. The summed E-state index contributed by atoms with van der Waals surface area (Å²) in [6.45, 7) is 4.76. The Kier molecular flexibility index (Phi) is 5.54. The fourth-order valence-corrected chi connectivity index (χ4v) is 2.23. The Hall–Kier alpha value is -2.35. The maximum Gasteiger partial charge on any atom is 0.312 e. The molecule has 1 saturated heterocycles. The lowest BCUT2D eigenvalue weighted by molar-refractivity contribution is -0.385. The van der Waals surface area contributed by atoms with Gasteiger partial charge in [0.1, 0.15) is 13.2 Å². The van der Waals surface area contributed by atoms with Gasteiger partial charge in [0.05, 0.1) is 4.92 Å². The Morgan fingerprint density at radius 2 is 2.09 bits per heavy atom. The van der Waals surface area contributed by atoms with Crippen molar-refractivity contribution in [3.8, 4) is 5.75 Å². The van der Waals surface area contributed by atoms with Gasteiger partial charge in [0.2, 0.25) is 0 Å². The highest BCUT2D eigenvalue weighted by Gasteiger charge is 2.19. The number of rotatable bonds is 6. The summed E-state index contributed by atoms with van der Waals surface area (Å²) in [5, 5.41) is 14.4. The van der Waals surface area contributed by atoms with Gasteiger partial charge in [0, 0.05) is 44.9 Å². The third-order valence-electron chi connectivity index (χ3n) is 3.27. The molecule has 0 atom stereocenters. The average molecular weight is 309 g/mol. The van der Waals surface area contributed by atoms with E-state index in [-0.39, 0.29) is 24.7 Å². The molecule has 8 heteroatoms. The van der Waals surface area contributed by atoms with Crippen molar-refractivity contribution in [3.63, 3.8) is 0 Å². The first-order valence-corrected chi connectivity index (χ1v) is 7.08. The fraction of sp³-hybridized carbons (Fsp3) is 0.500. The second kappa shape index (κ2) is 7.60. The maximum atomic E-state index is 11.2. The van der Waals surface area contributed by atoms with E-state index in [0.717, 1.165) is 31.9 Å². The zero-order valence-electron chi connectivity index (χ0n) is 12.4. The first-order chi connectivity index (χ1) is 10.6. The van der Waals surface area contributed by atoms with Crippen LogP contribution < -0.4 is 15.0 Å². The third-order valence-corrected chi connectivity index (χ3v) is 3.27. The molecule has 22 heavy (non-hydrogen) atoms. The number of ether oxygens (including phenoxy) is 2. The Labute approximate surface area is 128 Å². The van der Waals surface area contributed by atoms with Crippen LogP contribution in [-0.4, -0.2) is 50.3 Å². The summed E-state index contributed by atoms with van der Waals surface area (Å²) in [6.07, 6.45) is 0. The number of carbonyl (C=O) groups excluding carboxylic acids is 1. The van der Waals surface area contributed by atoms with Crippen LogP contribution in [0.4, 0.5) is 11.4 Å². The van der Waals surface area contributed by atoms with Crippen LogP contribution in [0.3, 0.4) is 0 Å². The molecule has 1 aromatic carbocycles. The normalized spacial score (nSPS) is 14.5. The predicted molar refractivity (Wildman–Crippen MR) is 80.3 cm³/mol. The molecule has 0 spiro atoms. The molecule has 0 amide bonds. The van der Waals surface area contributed by atoms with Gasteiger partial charge in [-0.25, -0.2) is 0 Å². The average Bonchev–Trinajstić information content (AvgIpc) is 2.52. The van der Waals surface area contributed by atoms with Crippen LogP contribution in [0.5, 0.6) is 5.75 Å². The van der Waals surface area contributed by atoms with E-state index in [0.29, 0.717) is 0 Å². The van der Waals surface area contributed by atoms with Crippen LogP contribution in [0.25, 0.3) is 0 Å². The molecule has 0 radical (unpaired) electrons. The van der Waals surface area contributed by atoms with Crippen molar-refractivity contribution < 1.29 is 19.2 Å². The third kappa shape index (κ3) is 4.32. The standard InChI is InChI=1S/C14H19N3O5/c1-11(18)21-8-9-22-14-3-2-12(10-13(14)17(19)20)16-6-4-15-5-7-16/h2-3,10,15H,4-9H2,1H3. The summed E-state index contributed by atoms with van der Waals surface area (Å²) in [6, 6.07) is 4.91. The van der Waals surface area contributed by atoms with Gasteiger partial charge in [-0.05, 0) is 12.1 Å². The van der Waals surface area contributed by atoms with E-state index < -0.39 is 10.9 Å². The van der Waals surface area contributed by atoms with E-state index in [4.69, 9.17) is 9.47 Å². The Bertz CT molecular complexity index is 543. The largest absolute Gasteiger partial charge is 0.483 e. The van der Waals surface area contributed by atoms with E-state index in [1.165, 1.54) is 13.0 Å². The van der Waals surface area contributed by atoms with Crippen LogP contribution in [0.15, 0.2) is 18.2 Å². The number of anilines is 1. The SMILES string of the molecule is CC(=O)OCCOc1ccc(N2CCNCC2)cc1[N+](=O)[O-]. The lowest BCUT2D eigenvalue weighted by atomic mass is 10.2. The van der Waals surface area contributed by atoms with Crippen molar-refractivity contribution in [2.24, 2.45) is 0 Å². The highest BCUT2D eigenvalue weighted by Crippen LogP contribution is 2.31. The van der Waals surface area contributed by atoms with Gasteiger partial charge in [-0.15, -0.1) is 0 Å². The van der Waals surface area contributed by atoms with Crippen molar-refractivity contribution in [2.45, 2.75) is 6.92 Å². The minimum atomic E-state index is -0.465. The Balaban J connectivity index is 2.06. The Morgan fingerprint density at radius 1 is 1.36 bits per heavy atom. The van der Waals surface area contributed by atoms with Crippen LogP contribution in [0.2, 0.25) is 0 Å². The van der Waals surface area contributed by atoms with Gasteiger partial charge < -0.3 is 19.7 Å². The molecule has 0 unspecified atom stereocenters. The first kappa shape index (κ1) is 16.0. The van der Waals surface area contributed by atoms with Crippen LogP contribution in [-0.2, 0) is 9.53 Å². The molecule has 1 aliphatic heterocycles. The molecule has 120 valence electrons. The van der Waals surface area contributed by atoms with Crippen LogP contribution in [0, 0.1) is 10.1 Å². The van der Waals surface area contributed by atoms with Gasteiger partial charge in [-0.3, -0.25) is 14.9 Å². The van der Waals surface area contributed by atoms with E-state index in [1.54, 1.807) is 12.1 Å². The molecule has 1 aliphatic rings. The number of esters is 1. The minimum Gasteiger partial charge on any atom is -0.483 e. The fourth-order valence-electron chi connectivity index (χ4n) is 2.23. The molecule has 1 heterocycles. The summed E-state index contributed by atoms with van der Waals surface area (Å²) < 4.78 is 10.1. The highest BCUT2D eigenvalue weighted by molar-refractivity contribution is 5.65. The molecule has 1 aromatic rings. The van der Waals surface area contributed by atoms with Crippen molar-refractivity contribution in [1.82, 2.24) is 5.32 Å². The lowest BCUT2D eigenvalue weighted by Crippen LogP contribution is -2.43. The number of hydrogen-bond acceptors (Lipinski definition) is 7. The summed E-state index contributed by atoms with van der Waals surface area (Å²) in [4.78, 5) is 23.5. The van der Waals surface area contributed by atoms with Crippen LogP contribution in [0.1, 0.15) is 6.92 Å². The quantitative estimate of drug-likeness (QED) is 0.362. The molecular formula is C14H19N3O5. The number of carbonyl (C=O) groups is 1. The van der Waals surface area contributed by atoms with Gasteiger partial charge in [0.15, 0.2) is 5.75 Å². The van der Waals surface area contributed by atoms with E-state index in [2.05, 4.69) is 10.2 Å². The highest BCUT2D eigenvalue weighted by atomic mass is 16.6. The van der Waals surface area contributed by atoms with E-state index in [9.17, 15) is 14.9 Å².